The first-order chi connectivity index (χ1) is 7.90. The summed E-state index contributed by atoms with van der Waals surface area (Å²) in [5.74, 6) is 0.794. The highest BCUT2D eigenvalue weighted by Gasteiger charge is 2.15. The van der Waals surface area contributed by atoms with Crippen LogP contribution in [0.3, 0.4) is 0 Å². The highest BCUT2D eigenvalue weighted by molar-refractivity contribution is 5.29. The van der Waals surface area contributed by atoms with Gasteiger partial charge in [-0.15, -0.1) is 0 Å². The monoisotopic (exact) mass is 222 g/mol. The van der Waals surface area contributed by atoms with E-state index in [0.29, 0.717) is 19.3 Å². The van der Waals surface area contributed by atoms with Crippen LogP contribution in [0.1, 0.15) is 24.8 Å². The summed E-state index contributed by atoms with van der Waals surface area (Å²) in [5, 5.41) is 0. The van der Waals surface area contributed by atoms with Crippen molar-refractivity contribution in [1.82, 2.24) is 4.98 Å². The van der Waals surface area contributed by atoms with Crippen LogP contribution in [-0.4, -0.2) is 24.3 Å². The topological polar surface area (TPSA) is 57.4 Å². The van der Waals surface area contributed by atoms with E-state index in [9.17, 15) is 0 Å². The summed E-state index contributed by atoms with van der Waals surface area (Å²) in [4.78, 5) is 4.03. The number of aromatic nitrogens is 1. The standard InChI is InChI=1S/C12H18N2O2/c13-8-10-3-5-14-9-12(10)16-7-4-11-2-1-6-15-11/h3,5,9,11H,1-2,4,6-8,13H2/t11-/m0/s1. The van der Waals surface area contributed by atoms with Gasteiger partial charge in [-0.05, 0) is 18.9 Å². The molecule has 1 aliphatic heterocycles. The third-order valence-electron chi connectivity index (χ3n) is 2.81. The minimum Gasteiger partial charge on any atom is -0.492 e. The molecule has 0 aliphatic carbocycles. The SMILES string of the molecule is NCc1ccncc1OCC[C@@H]1CCCO1. The van der Waals surface area contributed by atoms with Crippen LogP contribution < -0.4 is 10.5 Å². The molecule has 2 N–H and O–H groups in total. The molecule has 1 fully saturated rings. The van der Waals surface area contributed by atoms with Crippen molar-refractivity contribution in [2.24, 2.45) is 5.73 Å². The van der Waals surface area contributed by atoms with Gasteiger partial charge in [0.25, 0.3) is 0 Å². The van der Waals surface area contributed by atoms with Crippen molar-refractivity contribution in [2.75, 3.05) is 13.2 Å². The Morgan fingerprint density at radius 3 is 3.25 bits per heavy atom. The average Bonchev–Trinajstić information content (AvgIpc) is 2.83. The smallest absolute Gasteiger partial charge is 0.142 e. The van der Waals surface area contributed by atoms with Crippen LogP contribution in [-0.2, 0) is 11.3 Å². The van der Waals surface area contributed by atoms with Crippen LogP contribution in [0.2, 0.25) is 0 Å². The van der Waals surface area contributed by atoms with E-state index < -0.39 is 0 Å². The molecule has 0 spiro atoms. The second kappa shape index (κ2) is 5.82. The predicted octanol–water partition coefficient (Wildman–Crippen LogP) is 1.49. The van der Waals surface area contributed by atoms with Gasteiger partial charge in [-0.3, -0.25) is 4.98 Å². The first-order valence-corrected chi connectivity index (χ1v) is 5.77. The fourth-order valence-corrected chi connectivity index (χ4v) is 1.88. The summed E-state index contributed by atoms with van der Waals surface area (Å²) in [6.45, 7) is 2.05. The lowest BCUT2D eigenvalue weighted by Gasteiger charge is -2.12. The van der Waals surface area contributed by atoms with E-state index in [2.05, 4.69) is 4.98 Å². The fraction of sp³-hybridized carbons (Fsp3) is 0.583. The number of nitrogens with two attached hydrogens (primary N) is 1. The molecule has 1 aromatic rings. The van der Waals surface area contributed by atoms with Crippen LogP contribution >= 0.6 is 0 Å². The number of nitrogens with zero attached hydrogens (tertiary/aromatic N) is 1. The summed E-state index contributed by atoms with van der Waals surface area (Å²) < 4.78 is 11.2. The number of hydrogen-bond donors (Lipinski definition) is 1. The van der Waals surface area contributed by atoms with Crippen LogP contribution in [0.15, 0.2) is 18.5 Å². The maximum atomic E-state index is 5.67. The second-order valence-electron chi connectivity index (χ2n) is 3.96. The van der Waals surface area contributed by atoms with Crippen molar-refractivity contribution in [3.8, 4) is 5.75 Å². The van der Waals surface area contributed by atoms with E-state index in [1.807, 2.05) is 6.07 Å². The van der Waals surface area contributed by atoms with Crippen molar-refractivity contribution in [3.63, 3.8) is 0 Å². The molecule has 2 heterocycles. The summed E-state index contributed by atoms with van der Waals surface area (Å²) >= 11 is 0. The Morgan fingerprint density at radius 1 is 1.56 bits per heavy atom. The molecule has 1 aromatic heterocycles. The van der Waals surface area contributed by atoms with E-state index in [-0.39, 0.29) is 0 Å². The lowest BCUT2D eigenvalue weighted by Crippen LogP contribution is -2.12. The highest BCUT2D eigenvalue weighted by atomic mass is 16.5. The molecule has 2 rings (SSSR count). The minimum absolute atomic E-state index is 0.373. The van der Waals surface area contributed by atoms with Gasteiger partial charge in [0.05, 0.1) is 18.9 Å². The molecule has 0 saturated carbocycles. The summed E-state index contributed by atoms with van der Waals surface area (Å²) in [5.41, 5.74) is 6.61. The molecule has 1 atom stereocenters. The number of ether oxygens (including phenoxy) is 2. The lowest BCUT2D eigenvalue weighted by atomic mass is 10.2. The van der Waals surface area contributed by atoms with Gasteiger partial charge in [-0.2, -0.15) is 0 Å². The molecule has 0 aromatic carbocycles. The zero-order valence-electron chi connectivity index (χ0n) is 9.39. The summed E-state index contributed by atoms with van der Waals surface area (Å²) in [7, 11) is 0. The summed E-state index contributed by atoms with van der Waals surface area (Å²) in [6.07, 6.45) is 7.09. The van der Waals surface area contributed by atoms with Crippen LogP contribution in [0, 0.1) is 0 Å². The van der Waals surface area contributed by atoms with E-state index in [1.165, 1.54) is 6.42 Å². The van der Waals surface area contributed by atoms with Gasteiger partial charge in [-0.1, -0.05) is 0 Å². The average molecular weight is 222 g/mol. The minimum atomic E-state index is 0.373. The van der Waals surface area contributed by atoms with Crippen molar-refractivity contribution >= 4 is 0 Å². The second-order valence-corrected chi connectivity index (χ2v) is 3.96. The molecule has 4 nitrogen and oxygen atoms in total. The molecule has 0 amide bonds. The van der Waals surface area contributed by atoms with E-state index in [0.717, 1.165) is 30.8 Å². The normalized spacial score (nSPS) is 19.9. The Bertz CT molecular complexity index is 325. The van der Waals surface area contributed by atoms with Gasteiger partial charge in [0.1, 0.15) is 5.75 Å². The van der Waals surface area contributed by atoms with Gasteiger partial charge < -0.3 is 15.2 Å². The molecule has 0 unspecified atom stereocenters. The molecule has 4 heteroatoms. The Hall–Kier alpha value is -1.13. The Kier molecular flexibility index (Phi) is 4.13. The fourth-order valence-electron chi connectivity index (χ4n) is 1.88. The largest absolute Gasteiger partial charge is 0.492 e. The van der Waals surface area contributed by atoms with Crippen LogP contribution in [0.4, 0.5) is 0 Å². The van der Waals surface area contributed by atoms with E-state index in [1.54, 1.807) is 12.4 Å². The van der Waals surface area contributed by atoms with E-state index in [4.69, 9.17) is 15.2 Å². The highest BCUT2D eigenvalue weighted by Crippen LogP contribution is 2.18. The molecular weight excluding hydrogens is 204 g/mol. The van der Waals surface area contributed by atoms with Crippen molar-refractivity contribution in [3.05, 3.63) is 24.0 Å². The van der Waals surface area contributed by atoms with Crippen molar-refractivity contribution in [1.29, 1.82) is 0 Å². The number of pyridine rings is 1. The van der Waals surface area contributed by atoms with Gasteiger partial charge in [0, 0.05) is 31.3 Å². The number of rotatable bonds is 5. The Labute approximate surface area is 95.8 Å². The predicted molar refractivity (Wildman–Crippen MR) is 61.2 cm³/mol. The van der Waals surface area contributed by atoms with E-state index >= 15 is 0 Å². The molecule has 1 saturated heterocycles. The zero-order chi connectivity index (χ0) is 11.2. The van der Waals surface area contributed by atoms with Gasteiger partial charge >= 0.3 is 0 Å². The van der Waals surface area contributed by atoms with Crippen molar-refractivity contribution < 1.29 is 9.47 Å². The van der Waals surface area contributed by atoms with Gasteiger partial charge in [0.2, 0.25) is 0 Å². The molecule has 0 radical (unpaired) electrons. The Balaban J connectivity index is 1.79. The number of hydrogen-bond acceptors (Lipinski definition) is 4. The van der Waals surface area contributed by atoms with Crippen LogP contribution in [0.25, 0.3) is 0 Å². The Morgan fingerprint density at radius 2 is 2.50 bits per heavy atom. The quantitative estimate of drug-likeness (QED) is 0.820. The zero-order valence-corrected chi connectivity index (χ0v) is 9.39. The first-order valence-electron chi connectivity index (χ1n) is 5.77. The molecule has 16 heavy (non-hydrogen) atoms. The third kappa shape index (κ3) is 2.93. The first kappa shape index (κ1) is 11.4. The molecule has 1 aliphatic rings. The lowest BCUT2D eigenvalue weighted by molar-refractivity contribution is 0.0901. The summed E-state index contributed by atoms with van der Waals surface area (Å²) in [6, 6.07) is 1.89. The maximum absolute atomic E-state index is 5.67. The van der Waals surface area contributed by atoms with Gasteiger partial charge in [-0.25, -0.2) is 0 Å². The molecule has 88 valence electrons. The van der Waals surface area contributed by atoms with Gasteiger partial charge in [0.15, 0.2) is 0 Å². The molecule has 0 bridgehead atoms. The third-order valence-corrected chi connectivity index (χ3v) is 2.81. The maximum Gasteiger partial charge on any atom is 0.142 e. The van der Waals surface area contributed by atoms with Crippen molar-refractivity contribution in [2.45, 2.75) is 31.9 Å². The van der Waals surface area contributed by atoms with Crippen LogP contribution in [0.5, 0.6) is 5.75 Å². The molecular formula is C12H18N2O2.